The molecule has 1 aliphatic carbocycles. The predicted molar refractivity (Wildman–Crippen MR) is 39.9 cm³/mol. The van der Waals surface area contributed by atoms with E-state index in [0.717, 1.165) is 6.42 Å². The molecule has 0 spiro atoms. The third kappa shape index (κ3) is 1.43. The van der Waals surface area contributed by atoms with Gasteiger partial charge in [-0.05, 0) is 11.0 Å². The molecule has 0 saturated heterocycles. The quantitative estimate of drug-likeness (QED) is 0.470. The zero-order valence-electron chi connectivity index (χ0n) is 5.66. The Kier molecular flexibility index (Phi) is 1.90. The second kappa shape index (κ2) is 2.42. The summed E-state index contributed by atoms with van der Waals surface area (Å²) < 4.78 is 10.4. The molecular formula is C6H11NO2P+. The van der Waals surface area contributed by atoms with Gasteiger partial charge in [0.2, 0.25) is 0 Å². The molecule has 3 atom stereocenters. The molecule has 0 amide bonds. The van der Waals surface area contributed by atoms with E-state index in [2.05, 4.69) is 6.58 Å². The molecule has 0 aromatic rings. The van der Waals surface area contributed by atoms with Crippen molar-refractivity contribution in [1.82, 2.24) is 0 Å². The summed E-state index contributed by atoms with van der Waals surface area (Å²) >= 11 is 0. The van der Waals surface area contributed by atoms with E-state index < -0.39 is 13.6 Å². The molecule has 3 N–H and O–H groups in total. The highest BCUT2D eigenvalue weighted by Gasteiger charge is 2.54. The van der Waals surface area contributed by atoms with Crippen LogP contribution in [0.15, 0.2) is 12.7 Å². The first-order chi connectivity index (χ1) is 4.58. The number of hydrogen-bond donors (Lipinski definition) is 2. The Morgan fingerprint density at radius 2 is 2.60 bits per heavy atom. The standard InChI is InChI=1S/C6H10NO2P/c1-2-5-3-6(5,7)4-10(8)9/h2,5H,1,3-4,7H2/p+1/t5-,6-/m0/s1. The van der Waals surface area contributed by atoms with Crippen molar-refractivity contribution in [2.45, 2.75) is 12.0 Å². The van der Waals surface area contributed by atoms with Crippen LogP contribution in [0.2, 0.25) is 0 Å². The van der Waals surface area contributed by atoms with Crippen LogP contribution in [0.1, 0.15) is 6.42 Å². The lowest BCUT2D eigenvalue weighted by atomic mass is 10.2. The Morgan fingerprint density at radius 1 is 2.00 bits per heavy atom. The van der Waals surface area contributed by atoms with E-state index in [0.29, 0.717) is 0 Å². The lowest BCUT2D eigenvalue weighted by Crippen LogP contribution is -2.27. The van der Waals surface area contributed by atoms with E-state index in [-0.39, 0.29) is 12.1 Å². The minimum atomic E-state index is -2.08. The van der Waals surface area contributed by atoms with Gasteiger partial charge < -0.3 is 5.73 Å². The third-order valence-corrected chi connectivity index (χ3v) is 2.75. The van der Waals surface area contributed by atoms with Gasteiger partial charge in [0.05, 0.1) is 5.54 Å². The molecule has 1 rings (SSSR count). The average molecular weight is 160 g/mol. The molecule has 1 unspecified atom stereocenters. The lowest BCUT2D eigenvalue weighted by Gasteiger charge is -1.97. The van der Waals surface area contributed by atoms with Crippen LogP contribution in [0.3, 0.4) is 0 Å². The van der Waals surface area contributed by atoms with E-state index in [1.54, 1.807) is 6.08 Å². The topological polar surface area (TPSA) is 63.3 Å². The molecule has 0 bridgehead atoms. The van der Waals surface area contributed by atoms with Crippen molar-refractivity contribution in [2.24, 2.45) is 11.7 Å². The highest BCUT2D eigenvalue weighted by atomic mass is 31.1. The number of hydrogen-bond acceptors (Lipinski definition) is 2. The van der Waals surface area contributed by atoms with Crippen LogP contribution in [0.25, 0.3) is 0 Å². The largest absolute Gasteiger partial charge is 0.507 e. The van der Waals surface area contributed by atoms with Gasteiger partial charge in [-0.15, -0.1) is 6.58 Å². The molecule has 0 heterocycles. The van der Waals surface area contributed by atoms with Crippen LogP contribution in [0, 0.1) is 5.92 Å². The molecule has 1 fully saturated rings. The monoisotopic (exact) mass is 160 g/mol. The van der Waals surface area contributed by atoms with Crippen LogP contribution in [0.5, 0.6) is 0 Å². The zero-order chi connectivity index (χ0) is 7.78. The van der Waals surface area contributed by atoms with E-state index in [1.165, 1.54) is 0 Å². The Balaban J connectivity index is 2.43. The first-order valence-corrected chi connectivity index (χ1v) is 4.53. The smallest absolute Gasteiger partial charge is 0.321 e. The highest BCUT2D eigenvalue weighted by molar-refractivity contribution is 7.38. The van der Waals surface area contributed by atoms with Gasteiger partial charge >= 0.3 is 8.03 Å². The summed E-state index contributed by atoms with van der Waals surface area (Å²) in [5, 5.41) is 0. The van der Waals surface area contributed by atoms with Crippen LogP contribution >= 0.6 is 8.03 Å². The SMILES string of the molecule is C=C[C@H]1C[C@]1(N)C[P+](=O)O. The number of rotatable bonds is 3. The van der Waals surface area contributed by atoms with Gasteiger partial charge in [-0.3, -0.25) is 0 Å². The molecule has 0 aromatic carbocycles. The van der Waals surface area contributed by atoms with Crippen molar-refractivity contribution in [2.75, 3.05) is 6.16 Å². The maximum absolute atomic E-state index is 10.4. The predicted octanol–water partition coefficient (Wildman–Crippen LogP) is 0.625. The Morgan fingerprint density at radius 3 is 2.90 bits per heavy atom. The van der Waals surface area contributed by atoms with Crippen LogP contribution in [-0.4, -0.2) is 16.6 Å². The van der Waals surface area contributed by atoms with Gasteiger partial charge in [0.15, 0.2) is 6.16 Å². The molecule has 4 heteroatoms. The zero-order valence-corrected chi connectivity index (χ0v) is 6.55. The van der Waals surface area contributed by atoms with Gasteiger partial charge in [-0.1, -0.05) is 6.08 Å². The third-order valence-electron chi connectivity index (χ3n) is 1.89. The fraction of sp³-hybridized carbons (Fsp3) is 0.667. The average Bonchev–Trinajstić information content (AvgIpc) is 2.39. The van der Waals surface area contributed by atoms with Gasteiger partial charge in [-0.25, -0.2) is 0 Å². The summed E-state index contributed by atoms with van der Waals surface area (Å²) in [5.41, 5.74) is 5.27. The minimum absolute atomic E-state index is 0.207. The van der Waals surface area contributed by atoms with Gasteiger partial charge in [0.25, 0.3) is 0 Å². The van der Waals surface area contributed by atoms with E-state index in [4.69, 9.17) is 10.6 Å². The Labute approximate surface area is 60.8 Å². The molecule has 1 aliphatic rings. The van der Waals surface area contributed by atoms with Gasteiger partial charge in [-0.2, -0.15) is 4.89 Å². The van der Waals surface area contributed by atoms with E-state index >= 15 is 0 Å². The maximum Gasteiger partial charge on any atom is 0.507 e. The fourth-order valence-corrected chi connectivity index (χ4v) is 1.97. The summed E-state index contributed by atoms with van der Waals surface area (Å²) in [6.07, 6.45) is 2.76. The summed E-state index contributed by atoms with van der Waals surface area (Å²) in [6.45, 7) is 3.57. The van der Waals surface area contributed by atoms with Crippen LogP contribution in [0.4, 0.5) is 0 Å². The highest BCUT2D eigenvalue weighted by Crippen LogP contribution is 2.45. The summed E-state index contributed by atoms with van der Waals surface area (Å²) in [5.74, 6) is 0.249. The van der Waals surface area contributed by atoms with Crippen LogP contribution in [-0.2, 0) is 4.57 Å². The molecule has 3 nitrogen and oxygen atoms in total. The molecule has 0 aromatic heterocycles. The second-order valence-electron chi connectivity index (χ2n) is 2.79. The van der Waals surface area contributed by atoms with Crippen molar-refractivity contribution in [1.29, 1.82) is 0 Å². The number of nitrogens with two attached hydrogens (primary N) is 1. The van der Waals surface area contributed by atoms with Crippen molar-refractivity contribution in [3.05, 3.63) is 12.7 Å². The van der Waals surface area contributed by atoms with Crippen molar-refractivity contribution in [3.8, 4) is 0 Å². The molecule has 1 saturated carbocycles. The lowest BCUT2D eigenvalue weighted by molar-refractivity contribution is 0.494. The van der Waals surface area contributed by atoms with Crippen LogP contribution < -0.4 is 5.73 Å². The first kappa shape index (κ1) is 7.86. The molecule has 0 radical (unpaired) electrons. The molecule has 10 heavy (non-hydrogen) atoms. The Hall–Kier alpha value is -0.240. The van der Waals surface area contributed by atoms with E-state index in [1.807, 2.05) is 0 Å². The summed E-state index contributed by atoms with van der Waals surface area (Å²) in [7, 11) is -2.08. The van der Waals surface area contributed by atoms with Crippen molar-refractivity contribution < 1.29 is 9.46 Å². The molecule has 56 valence electrons. The normalized spacial score (nSPS) is 39.0. The van der Waals surface area contributed by atoms with Crippen molar-refractivity contribution >= 4 is 8.03 Å². The Bertz CT molecular complexity index is 183. The van der Waals surface area contributed by atoms with Gasteiger partial charge in [0, 0.05) is 5.92 Å². The fourth-order valence-electron chi connectivity index (χ4n) is 1.10. The van der Waals surface area contributed by atoms with Crippen molar-refractivity contribution in [3.63, 3.8) is 0 Å². The maximum atomic E-state index is 10.4. The second-order valence-corrected chi connectivity index (χ2v) is 3.81. The van der Waals surface area contributed by atoms with E-state index in [9.17, 15) is 4.57 Å². The first-order valence-electron chi connectivity index (χ1n) is 3.13. The minimum Gasteiger partial charge on any atom is -0.321 e. The van der Waals surface area contributed by atoms with Gasteiger partial charge in [0.1, 0.15) is 0 Å². The summed E-state index contributed by atoms with van der Waals surface area (Å²) in [4.78, 5) is 8.54. The molecule has 0 aliphatic heterocycles. The summed E-state index contributed by atoms with van der Waals surface area (Å²) in [6, 6.07) is 0. The molecular weight excluding hydrogens is 149 g/mol.